The summed E-state index contributed by atoms with van der Waals surface area (Å²) >= 11 is 0. The van der Waals surface area contributed by atoms with Crippen LogP contribution in [0.3, 0.4) is 0 Å². The van der Waals surface area contributed by atoms with Gasteiger partial charge >= 0.3 is 0 Å². The Morgan fingerprint density at radius 3 is 1.92 bits per heavy atom. The van der Waals surface area contributed by atoms with Gasteiger partial charge in [0.15, 0.2) is 0 Å². The standard InChI is InChI=1S/C9H7B2P/c1-12-8(10)6-4-2-3-5-7-9(12)11/h4-7H,1H3/b5-4?,8-6-,9-7-. The highest BCUT2D eigenvalue weighted by Gasteiger charge is 2.02. The summed E-state index contributed by atoms with van der Waals surface area (Å²) < 4.78 is 0. The summed E-state index contributed by atoms with van der Waals surface area (Å²) in [5.74, 6) is 0. The molecule has 0 fully saturated rings. The second-order valence-corrected chi connectivity index (χ2v) is 4.51. The fourth-order valence-electron chi connectivity index (χ4n) is 0.723. The Kier molecular flexibility index (Phi) is 3.45. The molecular formula is C9H7B2P. The first-order chi connectivity index (χ1) is 5.72. The van der Waals surface area contributed by atoms with Gasteiger partial charge in [0.1, 0.15) is 15.7 Å². The van der Waals surface area contributed by atoms with Crippen molar-refractivity contribution in [1.29, 1.82) is 0 Å². The Morgan fingerprint density at radius 2 is 1.50 bits per heavy atom. The van der Waals surface area contributed by atoms with Crippen molar-refractivity contribution in [3.8, 4) is 0 Å². The van der Waals surface area contributed by atoms with E-state index in [1.807, 2.05) is 18.8 Å². The number of rotatable bonds is 0. The largest absolute Gasteiger partial charge is 0.114 e. The predicted molar refractivity (Wildman–Crippen MR) is 56.7 cm³/mol. The highest BCUT2D eigenvalue weighted by atomic mass is 31.1. The fraction of sp³-hybridized carbons (Fsp3) is 0.111. The predicted octanol–water partition coefficient (Wildman–Crippen LogP) is 2.00. The lowest BCUT2D eigenvalue weighted by atomic mass is 10.1. The average Bonchev–Trinajstić information content (AvgIpc) is 2.12. The monoisotopic (exact) mass is 168 g/mol. The molecule has 3 heteroatoms. The first kappa shape index (κ1) is 9.43. The number of hydrogen-bond donors (Lipinski definition) is 0. The minimum atomic E-state index is -0.539. The van der Waals surface area contributed by atoms with E-state index in [4.69, 9.17) is 15.7 Å². The Hall–Kier alpha value is -0.660. The van der Waals surface area contributed by atoms with E-state index >= 15 is 0 Å². The minimum absolute atomic E-state index is 0.539. The van der Waals surface area contributed by atoms with Crippen molar-refractivity contribution in [2.45, 2.75) is 0 Å². The van der Waals surface area contributed by atoms with Crippen LogP contribution >= 0.6 is 7.92 Å². The Balaban J connectivity index is 3.13. The molecule has 0 nitrogen and oxygen atoms in total. The molecule has 1 aliphatic rings. The van der Waals surface area contributed by atoms with Crippen LogP contribution in [0.2, 0.25) is 0 Å². The molecule has 0 amide bonds. The van der Waals surface area contributed by atoms with Crippen LogP contribution in [-0.4, -0.2) is 22.4 Å². The van der Waals surface area contributed by atoms with Gasteiger partial charge in [-0.15, -0.1) is 0 Å². The maximum Gasteiger partial charge on any atom is 0.114 e. The van der Waals surface area contributed by atoms with E-state index in [0.717, 1.165) is 10.4 Å². The van der Waals surface area contributed by atoms with Crippen LogP contribution in [0.25, 0.3) is 0 Å². The average molecular weight is 168 g/mol. The molecule has 54 valence electrons. The highest BCUT2D eigenvalue weighted by molar-refractivity contribution is 7.69. The molecule has 1 heterocycles. The lowest BCUT2D eigenvalue weighted by molar-refractivity contribution is 2.00. The summed E-state index contributed by atoms with van der Waals surface area (Å²) in [5.41, 5.74) is 5.64. The summed E-state index contributed by atoms with van der Waals surface area (Å²) in [7, 11) is 11.0. The topological polar surface area (TPSA) is 0 Å². The normalized spacial score (nSPS) is 30.9. The molecule has 0 bridgehead atoms. The van der Waals surface area contributed by atoms with Gasteiger partial charge < -0.3 is 0 Å². The molecule has 0 N–H and O–H groups in total. The van der Waals surface area contributed by atoms with Crippen LogP contribution in [0.1, 0.15) is 0 Å². The van der Waals surface area contributed by atoms with Crippen LogP contribution in [0, 0.1) is 0 Å². The van der Waals surface area contributed by atoms with Crippen LogP contribution in [0.4, 0.5) is 0 Å². The third-order valence-electron chi connectivity index (χ3n) is 1.53. The molecule has 0 atom stereocenters. The minimum Gasteiger partial charge on any atom is -0.0911 e. The first-order valence-corrected chi connectivity index (χ1v) is 5.33. The zero-order valence-electron chi connectivity index (χ0n) is 6.91. The summed E-state index contributed by atoms with van der Waals surface area (Å²) in [6.45, 7) is 2.03. The van der Waals surface area contributed by atoms with Gasteiger partial charge in [0, 0.05) is 0 Å². The quantitative estimate of drug-likeness (QED) is 0.294. The second kappa shape index (κ2) is 4.39. The smallest absolute Gasteiger partial charge is 0.0911 e. The maximum atomic E-state index is 5.76. The third kappa shape index (κ3) is 2.43. The van der Waals surface area contributed by atoms with E-state index in [0.29, 0.717) is 0 Å². The number of hydrogen-bond acceptors (Lipinski definition) is 0. The second-order valence-electron chi connectivity index (χ2n) is 2.36. The molecule has 12 heavy (non-hydrogen) atoms. The SMILES string of the molecule is [B]/C1=C/C=C=C=C/C=C(/[B])P1C. The van der Waals surface area contributed by atoms with Crippen LogP contribution in [0.15, 0.2) is 46.2 Å². The van der Waals surface area contributed by atoms with Gasteiger partial charge in [-0.25, -0.2) is 0 Å². The van der Waals surface area contributed by atoms with Gasteiger partial charge in [-0.2, -0.15) is 0 Å². The Labute approximate surface area is 77.0 Å². The van der Waals surface area contributed by atoms with E-state index in [1.54, 1.807) is 12.2 Å². The van der Waals surface area contributed by atoms with Gasteiger partial charge in [0.25, 0.3) is 0 Å². The van der Waals surface area contributed by atoms with Crippen molar-refractivity contribution in [3.05, 3.63) is 46.2 Å². The van der Waals surface area contributed by atoms with Gasteiger partial charge in [-0.1, -0.05) is 42.0 Å². The summed E-state index contributed by atoms with van der Waals surface area (Å²) in [5, 5.41) is 1.62. The lowest BCUT2D eigenvalue weighted by Crippen LogP contribution is -1.84. The van der Waals surface area contributed by atoms with E-state index in [2.05, 4.69) is 11.5 Å². The highest BCUT2D eigenvalue weighted by Crippen LogP contribution is 2.45. The van der Waals surface area contributed by atoms with Crippen molar-refractivity contribution >= 4 is 23.6 Å². The maximum absolute atomic E-state index is 5.76. The summed E-state index contributed by atoms with van der Waals surface area (Å²) in [4.78, 5) is 0. The molecule has 0 aromatic rings. The molecule has 0 spiro atoms. The van der Waals surface area contributed by atoms with Gasteiger partial charge in [0.05, 0.1) is 0 Å². The van der Waals surface area contributed by atoms with E-state index < -0.39 is 7.92 Å². The zero-order valence-corrected chi connectivity index (χ0v) is 7.81. The van der Waals surface area contributed by atoms with Gasteiger partial charge in [-0.05, 0) is 18.8 Å². The molecular weight excluding hydrogens is 161 g/mol. The van der Waals surface area contributed by atoms with E-state index in [1.165, 1.54) is 0 Å². The van der Waals surface area contributed by atoms with Crippen molar-refractivity contribution in [1.82, 2.24) is 0 Å². The Bertz CT molecular complexity index is 294. The lowest BCUT2D eigenvalue weighted by Gasteiger charge is -2.13. The van der Waals surface area contributed by atoms with E-state index in [-0.39, 0.29) is 0 Å². The zero-order chi connectivity index (χ0) is 8.97. The van der Waals surface area contributed by atoms with E-state index in [9.17, 15) is 0 Å². The molecule has 0 saturated carbocycles. The van der Waals surface area contributed by atoms with Crippen LogP contribution in [0.5, 0.6) is 0 Å². The van der Waals surface area contributed by atoms with Gasteiger partial charge in [0.2, 0.25) is 0 Å². The third-order valence-corrected chi connectivity index (χ3v) is 3.38. The van der Waals surface area contributed by atoms with Crippen molar-refractivity contribution in [2.75, 3.05) is 6.66 Å². The van der Waals surface area contributed by atoms with Crippen LogP contribution in [-0.2, 0) is 0 Å². The van der Waals surface area contributed by atoms with Crippen LogP contribution < -0.4 is 0 Å². The van der Waals surface area contributed by atoms with Gasteiger partial charge in [-0.3, -0.25) is 0 Å². The van der Waals surface area contributed by atoms with Crippen molar-refractivity contribution in [2.24, 2.45) is 0 Å². The number of allylic oxidation sites excluding steroid dienone is 4. The first-order valence-electron chi connectivity index (χ1n) is 3.54. The molecule has 0 unspecified atom stereocenters. The summed E-state index contributed by atoms with van der Waals surface area (Å²) in [6, 6.07) is 0. The fourth-order valence-corrected chi connectivity index (χ4v) is 1.62. The van der Waals surface area contributed by atoms with Crippen molar-refractivity contribution < 1.29 is 0 Å². The van der Waals surface area contributed by atoms with Crippen molar-refractivity contribution in [3.63, 3.8) is 0 Å². The molecule has 1 aliphatic heterocycles. The molecule has 0 aliphatic carbocycles. The molecule has 4 radical (unpaired) electrons. The molecule has 0 aromatic carbocycles. The molecule has 0 saturated heterocycles. The molecule has 0 aromatic heterocycles. The summed E-state index contributed by atoms with van der Waals surface area (Å²) in [6.07, 6.45) is 7.13. The Morgan fingerprint density at radius 1 is 1.08 bits per heavy atom. The molecule has 1 rings (SSSR count).